The standard InChI is InChI=1S/C19H22N4O2/c24-17(18-9-5-11-25-18)12-16-8-4-10-22(16)13-19-20-14-21-23(19)15-6-2-1-3-7-15/h1-3,5-7,9,11,14,16-17,24H,4,8,10,12-13H2/t16-,17+/m0/s1. The Morgan fingerprint density at radius 2 is 2.08 bits per heavy atom. The van der Waals surface area contributed by atoms with Crippen LogP contribution in [0.3, 0.4) is 0 Å². The SMILES string of the molecule is O[C@H](C[C@@H]1CCCN1Cc1ncnn1-c1ccccc1)c1ccco1. The van der Waals surface area contributed by atoms with Crippen LogP contribution >= 0.6 is 0 Å². The van der Waals surface area contributed by atoms with Gasteiger partial charge < -0.3 is 9.52 Å². The quantitative estimate of drug-likeness (QED) is 0.748. The molecule has 1 aliphatic heterocycles. The normalized spacial score (nSPS) is 19.3. The first-order valence-electron chi connectivity index (χ1n) is 8.71. The summed E-state index contributed by atoms with van der Waals surface area (Å²) in [5.74, 6) is 1.56. The fourth-order valence-electron chi connectivity index (χ4n) is 3.56. The number of rotatable bonds is 6. The number of nitrogens with zero attached hydrogens (tertiary/aromatic N) is 4. The van der Waals surface area contributed by atoms with Crippen molar-refractivity contribution in [3.8, 4) is 5.69 Å². The van der Waals surface area contributed by atoms with Crippen LogP contribution in [0.4, 0.5) is 0 Å². The van der Waals surface area contributed by atoms with E-state index in [0.717, 1.165) is 37.4 Å². The Hall–Kier alpha value is -2.44. The zero-order valence-corrected chi connectivity index (χ0v) is 14.0. The Morgan fingerprint density at radius 1 is 1.20 bits per heavy atom. The van der Waals surface area contributed by atoms with Crippen LogP contribution in [-0.4, -0.2) is 37.4 Å². The number of likely N-dealkylation sites (tertiary alicyclic amines) is 1. The topological polar surface area (TPSA) is 67.3 Å². The molecular weight excluding hydrogens is 316 g/mol. The Balaban J connectivity index is 1.46. The Bertz CT molecular complexity index is 785. The number of hydrogen-bond acceptors (Lipinski definition) is 5. The molecule has 0 saturated carbocycles. The fraction of sp³-hybridized carbons (Fsp3) is 0.368. The molecule has 0 spiro atoms. The highest BCUT2D eigenvalue weighted by Gasteiger charge is 2.29. The first-order valence-corrected chi connectivity index (χ1v) is 8.71. The molecule has 0 bridgehead atoms. The van der Waals surface area contributed by atoms with Gasteiger partial charge in [-0.3, -0.25) is 4.90 Å². The number of aromatic nitrogens is 3. The summed E-state index contributed by atoms with van der Waals surface area (Å²) in [7, 11) is 0. The van der Waals surface area contributed by atoms with Crippen molar-refractivity contribution in [2.45, 2.75) is 38.0 Å². The molecule has 3 heterocycles. The lowest BCUT2D eigenvalue weighted by Gasteiger charge is -2.25. The predicted octanol–water partition coefficient (Wildman–Crippen LogP) is 2.95. The monoisotopic (exact) mass is 338 g/mol. The highest BCUT2D eigenvalue weighted by molar-refractivity contribution is 5.30. The largest absolute Gasteiger partial charge is 0.467 e. The summed E-state index contributed by atoms with van der Waals surface area (Å²) < 4.78 is 7.22. The number of aliphatic hydroxyl groups is 1. The summed E-state index contributed by atoms with van der Waals surface area (Å²) in [5.41, 5.74) is 1.02. The summed E-state index contributed by atoms with van der Waals surface area (Å²) in [6, 6.07) is 14.0. The second-order valence-corrected chi connectivity index (χ2v) is 6.46. The molecule has 6 heteroatoms. The molecule has 0 amide bonds. The first kappa shape index (κ1) is 16.1. The van der Waals surface area contributed by atoms with Gasteiger partial charge in [-0.15, -0.1) is 0 Å². The average Bonchev–Trinajstić information content (AvgIpc) is 3.38. The lowest BCUT2D eigenvalue weighted by atomic mass is 10.1. The van der Waals surface area contributed by atoms with E-state index >= 15 is 0 Å². The van der Waals surface area contributed by atoms with E-state index in [0.29, 0.717) is 18.2 Å². The molecular formula is C19H22N4O2. The molecule has 1 N–H and O–H groups in total. The summed E-state index contributed by atoms with van der Waals surface area (Å²) >= 11 is 0. The van der Waals surface area contributed by atoms with Gasteiger partial charge in [0.15, 0.2) is 0 Å². The number of para-hydroxylation sites is 1. The number of aliphatic hydroxyl groups excluding tert-OH is 1. The molecule has 2 aromatic heterocycles. The van der Waals surface area contributed by atoms with Gasteiger partial charge in [-0.05, 0) is 50.1 Å². The van der Waals surface area contributed by atoms with Gasteiger partial charge in [-0.2, -0.15) is 5.10 Å². The summed E-state index contributed by atoms with van der Waals surface area (Å²) in [5, 5.41) is 14.8. The second-order valence-electron chi connectivity index (χ2n) is 6.46. The van der Waals surface area contributed by atoms with Crippen molar-refractivity contribution in [3.05, 3.63) is 66.6 Å². The van der Waals surface area contributed by atoms with Crippen molar-refractivity contribution in [3.63, 3.8) is 0 Å². The zero-order valence-electron chi connectivity index (χ0n) is 14.0. The predicted molar refractivity (Wildman–Crippen MR) is 93.1 cm³/mol. The van der Waals surface area contributed by atoms with Crippen molar-refractivity contribution in [2.24, 2.45) is 0 Å². The minimum atomic E-state index is -0.562. The maximum Gasteiger partial charge on any atom is 0.146 e. The molecule has 3 aromatic rings. The van der Waals surface area contributed by atoms with Gasteiger partial charge in [0, 0.05) is 6.04 Å². The van der Waals surface area contributed by atoms with Crippen LogP contribution in [0.5, 0.6) is 0 Å². The smallest absolute Gasteiger partial charge is 0.146 e. The molecule has 0 aliphatic carbocycles. The molecule has 25 heavy (non-hydrogen) atoms. The van der Waals surface area contributed by atoms with Gasteiger partial charge in [0.25, 0.3) is 0 Å². The van der Waals surface area contributed by atoms with Gasteiger partial charge in [0.2, 0.25) is 0 Å². The number of benzene rings is 1. The lowest BCUT2D eigenvalue weighted by molar-refractivity contribution is 0.0984. The molecule has 0 radical (unpaired) electrons. The van der Waals surface area contributed by atoms with Crippen molar-refractivity contribution < 1.29 is 9.52 Å². The van der Waals surface area contributed by atoms with Crippen LogP contribution in [0.15, 0.2) is 59.5 Å². The molecule has 1 fully saturated rings. The Kier molecular flexibility index (Phi) is 4.63. The van der Waals surface area contributed by atoms with Crippen molar-refractivity contribution in [2.75, 3.05) is 6.54 Å². The van der Waals surface area contributed by atoms with Crippen molar-refractivity contribution >= 4 is 0 Å². The van der Waals surface area contributed by atoms with E-state index in [9.17, 15) is 5.11 Å². The third-order valence-electron chi connectivity index (χ3n) is 4.83. The first-order chi connectivity index (χ1) is 12.3. The van der Waals surface area contributed by atoms with Gasteiger partial charge in [-0.1, -0.05) is 18.2 Å². The summed E-state index contributed by atoms with van der Waals surface area (Å²) in [4.78, 5) is 6.83. The Labute approximate surface area is 146 Å². The summed E-state index contributed by atoms with van der Waals surface area (Å²) in [6.45, 7) is 1.74. The molecule has 1 aliphatic rings. The third-order valence-corrected chi connectivity index (χ3v) is 4.83. The van der Waals surface area contributed by atoms with Crippen LogP contribution in [0.2, 0.25) is 0 Å². The van der Waals surface area contributed by atoms with E-state index in [1.807, 2.05) is 47.1 Å². The molecule has 6 nitrogen and oxygen atoms in total. The highest BCUT2D eigenvalue weighted by Crippen LogP contribution is 2.28. The lowest BCUT2D eigenvalue weighted by Crippen LogP contribution is -2.31. The molecule has 1 saturated heterocycles. The fourth-order valence-corrected chi connectivity index (χ4v) is 3.56. The molecule has 1 aromatic carbocycles. The van der Waals surface area contributed by atoms with Crippen LogP contribution in [0.1, 0.15) is 37.0 Å². The maximum atomic E-state index is 10.4. The molecule has 2 atom stereocenters. The summed E-state index contributed by atoms with van der Waals surface area (Å²) in [6.07, 6.45) is 5.53. The van der Waals surface area contributed by atoms with Gasteiger partial charge in [0.1, 0.15) is 24.0 Å². The molecule has 130 valence electrons. The third kappa shape index (κ3) is 3.50. The average molecular weight is 338 g/mol. The maximum absolute atomic E-state index is 10.4. The number of furan rings is 1. The molecule has 4 rings (SSSR count). The van der Waals surface area contributed by atoms with Crippen LogP contribution in [0.25, 0.3) is 5.69 Å². The van der Waals surface area contributed by atoms with E-state index in [2.05, 4.69) is 15.0 Å². The van der Waals surface area contributed by atoms with Gasteiger partial charge >= 0.3 is 0 Å². The second kappa shape index (κ2) is 7.21. The zero-order chi connectivity index (χ0) is 17.1. The van der Waals surface area contributed by atoms with Gasteiger partial charge in [0.05, 0.1) is 18.5 Å². The Morgan fingerprint density at radius 3 is 2.88 bits per heavy atom. The van der Waals surface area contributed by atoms with E-state index < -0.39 is 6.10 Å². The highest BCUT2D eigenvalue weighted by atomic mass is 16.4. The van der Waals surface area contributed by atoms with Crippen LogP contribution in [0, 0.1) is 0 Å². The van der Waals surface area contributed by atoms with E-state index in [1.165, 1.54) is 0 Å². The van der Waals surface area contributed by atoms with Crippen molar-refractivity contribution in [1.82, 2.24) is 19.7 Å². The minimum absolute atomic E-state index is 0.320. The minimum Gasteiger partial charge on any atom is -0.467 e. The van der Waals surface area contributed by atoms with E-state index in [1.54, 1.807) is 12.6 Å². The van der Waals surface area contributed by atoms with Crippen molar-refractivity contribution in [1.29, 1.82) is 0 Å². The molecule has 0 unspecified atom stereocenters. The van der Waals surface area contributed by atoms with E-state index in [-0.39, 0.29) is 0 Å². The van der Waals surface area contributed by atoms with E-state index in [4.69, 9.17) is 4.42 Å². The van der Waals surface area contributed by atoms with Crippen LogP contribution < -0.4 is 0 Å². The van der Waals surface area contributed by atoms with Gasteiger partial charge in [-0.25, -0.2) is 9.67 Å². The van der Waals surface area contributed by atoms with Crippen LogP contribution in [-0.2, 0) is 6.54 Å². The number of hydrogen-bond donors (Lipinski definition) is 1.